The number of carbonyl (C=O) groups excluding carboxylic acids is 1. The van der Waals surface area contributed by atoms with Gasteiger partial charge in [0.15, 0.2) is 5.96 Å². The van der Waals surface area contributed by atoms with Gasteiger partial charge in [-0.15, -0.1) is 24.0 Å². The topological polar surface area (TPSA) is 74.2 Å². The third kappa shape index (κ3) is 5.16. The van der Waals surface area contributed by atoms with Crippen molar-refractivity contribution in [3.8, 4) is 0 Å². The maximum Gasteiger partial charge on any atom is 0.308 e. The Bertz CT molecular complexity index is 395. The molecule has 0 aromatic heterocycles. The largest absolute Gasteiger partial charge is 0.469 e. The van der Waals surface area contributed by atoms with Crippen molar-refractivity contribution in [2.75, 3.05) is 45.3 Å². The van der Waals surface area contributed by atoms with Gasteiger partial charge >= 0.3 is 5.97 Å². The molecule has 0 radical (unpaired) electrons. The maximum atomic E-state index is 11.5. The van der Waals surface area contributed by atoms with Crippen molar-refractivity contribution in [1.82, 2.24) is 10.2 Å². The van der Waals surface area contributed by atoms with E-state index in [1.165, 1.54) is 7.11 Å². The summed E-state index contributed by atoms with van der Waals surface area (Å²) >= 11 is 1.79. The van der Waals surface area contributed by atoms with Crippen LogP contribution in [0.4, 0.5) is 0 Å². The van der Waals surface area contributed by atoms with Crippen LogP contribution in [0.25, 0.3) is 0 Å². The van der Waals surface area contributed by atoms with Gasteiger partial charge in [0.2, 0.25) is 0 Å². The van der Waals surface area contributed by atoms with Gasteiger partial charge in [0.05, 0.1) is 18.6 Å². The molecule has 0 aromatic carbocycles. The van der Waals surface area contributed by atoms with E-state index in [4.69, 9.17) is 4.74 Å². The lowest BCUT2D eigenvalue weighted by molar-refractivity contribution is -0.146. The zero-order chi connectivity index (χ0) is 15.3. The van der Waals surface area contributed by atoms with Gasteiger partial charge in [-0.05, 0) is 25.0 Å². The third-order valence-corrected chi connectivity index (χ3v) is 5.43. The SMILES string of the molecule is CN=C(NCC1(O)CCSC1)N1CCC(C(=O)OC)CC1.I. The minimum absolute atomic E-state index is 0. The monoisotopic (exact) mass is 443 g/mol. The molecule has 1 atom stereocenters. The van der Waals surface area contributed by atoms with Crippen molar-refractivity contribution < 1.29 is 14.6 Å². The highest BCUT2D eigenvalue weighted by Gasteiger charge is 2.33. The van der Waals surface area contributed by atoms with E-state index in [-0.39, 0.29) is 35.9 Å². The zero-order valence-corrected chi connectivity index (χ0v) is 16.4. The summed E-state index contributed by atoms with van der Waals surface area (Å²) in [5, 5.41) is 13.6. The molecule has 2 fully saturated rings. The van der Waals surface area contributed by atoms with Crippen LogP contribution in [-0.4, -0.2) is 72.8 Å². The van der Waals surface area contributed by atoms with Crippen LogP contribution in [0.15, 0.2) is 4.99 Å². The average molecular weight is 443 g/mol. The number of aliphatic hydroxyl groups is 1. The number of halogens is 1. The van der Waals surface area contributed by atoms with E-state index in [1.54, 1.807) is 18.8 Å². The molecule has 2 rings (SSSR count). The lowest BCUT2D eigenvalue weighted by Crippen LogP contribution is -2.51. The number of hydrogen-bond donors (Lipinski definition) is 2. The number of guanidine groups is 1. The van der Waals surface area contributed by atoms with Crippen molar-refractivity contribution in [2.45, 2.75) is 24.9 Å². The van der Waals surface area contributed by atoms with E-state index in [1.807, 2.05) is 0 Å². The van der Waals surface area contributed by atoms with E-state index < -0.39 is 5.60 Å². The molecule has 0 spiro atoms. The van der Waals surface area contributed by atoms with E-state index in [9.17, 15) is 9.90 Å². The standard InChI is InChI=1S/C14H25N3O3S.HI/c1-15-13(16-9-14(19)5-8-21-10-14)17-6-3-11(4-7-17)12(18)20-2;/h11,19H,3-10H2,1-2H3,(H,15,16);1H. The second kappa shape index (κ2) is 9.17. The number of piperidine rings is 1. The highest BCUT2D eigenvalue weighted by atomic mass is 127. The lowest BCUT2D eigenvalue weighted by atomic mass is 9.97. The number of nitrogens with zero attached hydrogens (tertiary/aromatic N) is 2. The van der Waals surface area contributed by atoms with Crippen LogP contribution in [0.1, 0.15) is 19.3 Å². The van der Waals surface area contributed by atoms with Gasteiger partial charge < -0.3 is 20.1 Å². The molecule has 2 aliphatic heterocycles. The van der Waals surface area contributed by atoms with Gasteiger partial charge in [-0.3, -0.25) is 9.79 Å². The lowest BCUT2D eigenvalue weighted by Gasteiger charge is -2.34. The highest BCUT2D eigenvalue weighted by Crippen LogP contribution is 2.27. The summed E-state index contributed by atoms with van der Waals surface area (Å²) in [7, 11) is 3.19. The highest BCUT2D eigenvalue weighted by molar-refractivity contribution is 14.0. The Morgan fingerprint density at radius 1 is 1.50 bits per heavy atom. The number of likely N-dealkylation sites (tertiary alicyclic amines) is 1. The van der Waals surface area contributed by atoms with Gasteiger partial charge in [0.1, 0.15) is 0 Å². The Kier molecular flexibility index (Phi) is 8.26. The Labute approximate surface area is 153 Å². The number of rotatable bonds is 3. The molecule has 0 bridgehead atoms. The Morgan fingerprint density at radius 3 is 2.68 bits per heavy atom. The molecule has 6 nitrogen and oxygen atoms in total. The van der Waals surface area contributed by atoms with Crippen molar-refractivity contribution in [1.29, 1.82) is 0 Å². The molecule has 8 heteroatoms. The first kappa shape index (κ1) is 19.8. The van der Waals surface area contributed by atoms with Crippen molar-refractivity contribution in [2.24, 2.45) is 10.9 Å². The predicted molar refractivity (Wildman–Crippen MR) is 100.0 cm³/mol. The predicted octanol–water partition coefficient (Wildman–Crippen LogP) is 0.933. The quantitative estimate of drug-likeness (QED) is 0.293. The Balaban J connectivity index is 0.00000242. The van der Waals surface area contributed by atoms with E-state index >= 15 is 0 Å². The van der Waals surface area contributed by atoms with Crippen LogP contribution in [0.3, 0.4) is 0 Å². The number of thioether (sulfide) groups is 1. The molecule has 128 valence electrons. The molecule has 0 aliphatic carbocycles. The minimum Gasteiger partial charge on any atom is -0.469 e. The second-order valence-electron chi connectivity index (χ2n) is 5.71. The fraction of sp³-hybridized carbons (Fsp3) is 0.857. The number of esters is 1. The minimum atomic E-state index is -0.620. The van der Waals surface area contributed by atoms with Crippen molar-refractivity contribution >= 4 is 47.7 Å². The van der Waals surface area contributed by atoms with Gasteiger partial charge in [-0.1, -0.05) is 0 Å². The van der Waals surface area contributed by atoms with Gasteiger partial charge in [0, 0.05) is 32.4 Å². The van der Waals surface area contributed by atoms with E-state index in [0.29, 0.717) is 6.54 Å². The summed E-state index contributed by atoms with van der Waals surface area (Å²) in [4.78, 5) is 18.0. The molecule has 2 aliphatic rings. The first-order valence-electron chi connectivity index (χ1n) is 7.41. The smallest absolute Gasteiger partial charge is 0.308 e. The summed E-state index contributed by atoms with van der Waals surface area (Å²) in [6.07, 6.45) is 2.40. The van der Waals surface area contributed by atoms with Crippen LogP contribution in [0.2, 0.25) is 0 Å². The van der Waals surface area contributed by atoms with Crippen LogP contribution < -0.4 is 5.32 Å². The number of methoxy groups -OCH3 is 1. The van der Waals surface area contributed by atoms with Crippen molar-refractivity contribution in [3.63, 3.8) is 0 Å². The van der Waals surface area contributed by atoms with Gasteiger partial charge in [-0.25, -0.2) is 0 Å². The molecule has 2 N–H and O–H groups in total. The van der Waals surface area contributed by atoms with Crippen LogP contribution in [0, 0.1) is 5.92 Å². The summed E-state index contributed by atoms with van der Waals surface area (Å²) in [6, 6.07) is 0. The number of aliphatic imine (C=N–C) groups is 1. The van der Waals surface area contributed by atoms with Gasteiger partial charge in [-0.2, -0.15) is 11.8 Å². The first-order chi connectivity index (χ1) is 10.1. The van der Waals surface area contributed by atoms with Gasteiger partial charge in [0.25, 0.3) is 0 Å². The summed E-state index contributed by atoms with van der Waals surface area (Å²) in [6.45, 7) is 2.10. The summed E-state index contributed by atoms with van der Waals surface area (Å²) in [5.41, 5.74) is -0.620. The summed E-state index contributed by atoms with van der Waals surface area (Å²) < 4.78 is 4.80. The molecule has 0 amide bonds. The fourth-order valence-corrected chi connectivity index (χ4v) is 4.10. The number of carbonyl (C=O) groups is 1. The Morgan fingerprint density at radius 2 is 2.18 bits per heavy atom. The molecule has 0 saturated carbocycles. The number of hydrogen-bond acceptors (Lipinski definition) is 5. The van der Waals surface area contributed by atoms with Crippen LogP contribution >= 0.6 is 35.7 Å². The number of ether oxygens (including phenoxy) is 1. The molecule has 22 heavy (non-hydrogen) atoms. The third-order valence-electron chi connectivity index (χ3n) is 4.20. The molecule has 2 heterocycles. The molecule has 0 aromatic rings. The van der Waals surface area contributed by atoms with E-state index in [0.717, 1.165) is 49.8 Å². The Hall–Kier alpha value is -0.220. The zero-order valence-electron chi connectivity index (χ0n) is 13.2. The maximum absolute atomic E-state index is 11.5. The summed E-state index contributed by atoms with van der Waals surface area (Å²) in [5.74, 6) is 2.49. The first-order valence-corrected chi connectivity index (χ1v) is 8.57. The number of nitrogens with one attached hydrogen (secondary N) is 1. The molecule has 2 saturated heterocycles. The second-order valence-corrected chi connectivity index (χ2v) is 6.82. The molecular formula is C14H26IN3O3S. The average Bonchev–Trinajstić information content (AvgIpc) is 2.94. The van der Waals surface area contributed by atoms with Crippen LogP contribution in [0.5, 0.6) is 0 Å². The normalized spacial score (nSPS) is 26.5. The molecular weight excluding hydrogens is 417 g/mol. The fourth-order valence-electron chi connectivity index (χ4n) is 2.81. The van der Waals surface area contributed by atoms with Crippen molar-refractivity contribution in [3.05, 3.63) is 0 Å². The van der Waals surface area contributed by atoms with E-state index in [2.05, 4.69) is 15.2 Å². The molecule has 1 unspecified atom stereocenters. The van der Waals surface area contributed by atoms with Crippen LogP contribution in [-0.2, 0) is 9.53 Å².